The minimum Gasteiger partial charge on any atom is -0.352 e. The zero-order valence-corrected chi connectivity index (χ0v) is 10.1. The van der Waals surface area contributed by atoms with E-state index in [4.69, 9.17) is 0 Å². The van der Waals surface area contributed by atoms with E-state index in [2.05, 4.69) is 15.6 Å². The van der Waals surface area contributed by atoms with Crippen molar-refractivity contribution in [1.29, 1.82) is 0 Å². The van der Waals surface area contributed by atoms with Crippen molar-refractivity contribution < 1.29 is 4.79 Å². The lowest BCUT2D eigenvalue weighted by atomic mass is 10.1. The van der Waals surface area contributed by atoms with Crippen molar-refractivity contribution in [3.63, 3.8) is 0 Å². The van der Waals surface area contributed by atoms with Crippen LogP contribution in [0.2, 0.25) is 0 Å². The topological polar surface area (TPSA) is 54.0 Å². The molecule has 16 heavy (non-hydrogen) atoms. The molecular formula is C12H19N3O. The molecule has 1 aromatic rings. The first-order valence-corrected chi connectivity index (χ1v) is 5.47. The van der Waals surface area contributed by atoms with Crippen molar-refractivity contribution in [3.8, 4) is 0 Å². The molecule has 1 rings (SSSR count). The summed E-state index contributed by atoms with van der Waals surface area (Å²) in [5, 5.41) is 5.89. The zero-order chi connectivity index (χ0) is 12.0. The van der Waals surface area contributed by atoms with E-state index in [1.165, 1.54) is 0 Å². The Hall–Kier alpha value is -1.42. The summed E-state index contributed by atoms with van der Waals surface area (Å²) in [4.78, 5) is 15.7. The summed E-state index contributed by atoms with van der Waals surface area (Å²) < 4.78 is 0. The molecule has 1 aromatic heterocycles. The molecule has 0 bridgehead atoms. The van der Waals surface area contributed by atoms with Gasteiger partial charge in [-0.2, -0.15) is 0 Å². The van der Waals surface area contributed by atoms with Crippen molar-refractivity contribution in [2.45, 2.75) is 20.4 Å². The molecule has 0 aliphatic heterocycles. The molecule has 0 radical (unpaired) electrons. The first-order chi connectivity index (χ1) is 7.65. The molecule has 1 atom stereocenters. The molecule has 0 aliphatic rings. The Morgan fingerprint density at radius 1 is 1.56 bits per heavy atom. The van der Waals surface area contributed by atoms with Crippen molar-refractivity contribution in [1.82, 2.24) is 15.6 Å². The third-order valence-electron chi connectivity index (χ3n) is 2.56. The second-order valence-corrected chi connectivity index (χ2v) is 3.98. The third kappa shape index (κ3) is 3.62. The highest BCUT2D eigenvalue weighted by Crippen LogP contribution is 2.04. The number of pyridine rings is 1. The smallest absolute Gasteiger partial charge is 0.224 e. The third-order valence-corrected chi connectivity index (χ3v) is 2.56. The van der Waals surface area contributed by atoms with Crippen LogP contribution in [0.1, 0.15) is 18.1 Å². The predicted molar refractivity (Wildman–Crippen MR) is 63.9 cm³/mol. The van der Waals surface area contributed by atoms with Gasteiger partial charge in [-0.05, 0) is 31.2 Å². The highest BCUT2D eigenvalue weighted by molar-refractivity contribution is 5.78. The van der Waals surface area contributed by atoms with Crippen LogP contribution >= 0.6 is 0 Å². The Kier molecular flexibility index (Phi) is 4.92. The lowest BCUT2D eigenvalue weighted by Crippen LogP contribution is -2.34. The van der Waals surface area contributed by atoms with Crippen molar-refractivity contribution in [2.75, 3.05) is 13.6 Å². The molecular weight excluding hydrogens is 202 g/mol. The van der Waals surface area contributed by atoms with E-state index in [0.29, 0.717) is 13.1 Å². The summed E-state index contributed by atoms with van der Waals surface area (Å²) in [7, 11) is 1.84. The first kappa shape index (κ1) is 12.6. The Morgan fingerprint density at radius 3 is 2.94 bits per heavy atom. The maximum atomic E-state index is 11.6. The lowest BCUT2D eigenvalue weighted by Gasteiger charge is -2.12. The van der Waals surface area contributed by atoms with Crippen LogP contribution in [0.3, 0.4) is 0 Å². The van der Waals surface area contributed by atoms with E-state index < -0.39 is 0 Å². The van der Waals surface area contributed by atoms with Crippen LogP contribution < -0.4 is 10.6 Å². The quantitative estimate of drug-likeness (QED) is 0.775. The molecule has 0 saturated heterocycles. The molecule has 1 amide bonds. The van der Waals surface area contributed by atoms with Crippen molar-refractivity contribution >= 4 is 5.91 Å². The van der Waals surface area contributed by atoms with Gasteiger partial charge in [-0.1, -0.05) is 6.92 Å². The lowest BCUT2D eigenvalue weighted by molar-refractivity contribution is -0.124. The summed E-state index contributed by atoms with van der Waals surface area (Å²) in [5.74, 6) is 0.0552. The van der Waals surface area contributed by atoms with Crippen molar-refractivity contribution in [2.24, 2.45) is 5.92 Å². The van der Waals surface area contributed by atoms with Gasteiger partial charge in [-0.15, -0.1) is 0 Å². The second kappa shape index (κ2) is 6.23. The van der Waals surface area contributed by atoms with Gasteiger partial charge in [0.05, 0.1) is 0 Å². The Labute approximate surface area is 96.5 Å². The molecule has 88 valence electrons. The average molecular weight is 221 g/mol. The molecule has 0 aliphatic carbocycles. The number of hydrogen-bond acceptors (Lipinski definition) is 3. The van der Waals surface area contributed by atoms with Crippen molar-refractivity contribution in [3.05, 3.63) is 29.6 Å². The molecule has 0 aromatic carbocycles. The van der Waals surface area contributed by atoms with Gasteiger partial charge in [0.1, 0.15) is 0 Å². The fraction of sp³-hybridized carbons (Fsp3) is 0.500. The van der Waals surface area contributed by atoms with Crippen LogP contribution in [0.15, 0.2) is 18.5 Å². The summed E-state index contributed by atoms with van der Waals surface area (Å²) in [5.41, 5.74) is 2.21. The average Bonchev–Trinajstić information content (AvgIpc) is 2.28. The number of carbonyl (C=O) groups excluding carboxylic acids is 1. The number of nitrogens with one attached hydrogen (secondary N) is 2. The van der Waals surface area contributed by atoms with Crippen LogP contribution in [0.25, 0.3) is 0 Å². The van der Waals surface area contributed by atoms with Gasteiger partial charge in [0, 0.05) is 31.4 Å². The highest BCUT2D eigenvalue weighted by atomic mass is 16.1. The van der Waals surface area contributed by atoms with Crippen LogP contribution in [0.4, 0.5) is 0 Å². The van der Waals surface area contributed by atoms with Gasteiger partial charge in [-0.25, -0.2) is 0 Å². The molecule has 4 heteroatoms. The fourth-order valence-corrected chi connectivity index (χ4v) is 1.44. The van der Waals surface area contributed by atoms with E-state index in [0.717, 1.165) is 11.1 Å². The van der Waals surface area contributed by atoms with E-state index in [-0.39, 0.29) is 11.8 Å². The summed E-state index contributed by atoms with van der Waals surface area (Å²) in [6, 6.07) is 1.94. The number of aryl methyl sites for hydroxylation is 1. The monoisotopic (exact) mass is 221 g/mol. The molecule has 2 N–H and O–H groups in total. The number of nitrogens with zero attached hydrogens (tertiary/aromatic N) is 1. The van der Waals surface area contributed by atoms with Gasteiger partial charge < -0.3 is 10.6 Å². The van der Waals surface area contributed by atoms with E-state index in [1.807, 2.05) is 27.0 Å². The second-order valence-electron chi connectivity index (χ2n) is 3.98. The zero-order valence-electron chi connectivity index (χ0n) is 10.1. The van der Waals surface area contributed by atoms with E-state index in [1.54, 1.807) is 12.4 Å². The normalized spacial score (nSPS) is 12.2. The molecule has 1 heterocycles. The van der Waals surface area contributed by atoms with Gasteiger partial charge in [0.2, 0.25) is 5.91 Å². The molecule has 4 nitrogen and oxygen atoms in total. The number of aromatic nitrogens is 1. The minimum atomic E-state index is -0.0121. The van der Waals surface area contributed by atoms with Crippen LogP contribution in [-0.2, 0) is 11.3 Å². The van der Waals surface area contributed by atoms with Gasteiger partial charge >= 0.3 is 0 Å². The number of hydrogen-bond donors (Lipinski definition) is 2. The molecule has 1 unspecified atom stereocenters. The van der Waals surface area contributed by atoms with Crippen LogP contribution in [-0.4, -0.2) is 24.5 Å². The highest BCUT2D eigenvalue weighted by Gasteiger charge is 2.11. The molecule has 0 spiro atoms. The number of rotatable bonds is 5. The minimum absolute atomic E-state index is 0.0121. The van der Waals surface area contributed by atoms with Gasteiger partial charge in [-0.3, -0.25) is 9.78 Å². The summed E-state index contributed by atoms with van der Waals surface area (Å²) in [6.07, 6.45) is 3.54. The summed E-state index contributed by atoms with van der Waals surface area (Å²) in [6.45, 7) is 5.16. The SMILES string of the molecule is CNCC(C)C(=O)NCc1cnccc1C. The Balaban J connectivity index is 2.46. The predicted octanol–water partition coefficient (Wildman–Crippen LogP) is 0.862. The standard InChI is InChI=1S/C12H19N3O/c1-9-4-5-14-7-11(9)8-15-12(16)10(2)6-13-3/h4-5,7,10,13H,6,8H2,1-3H3,(H,15,16). The van der Waals surface area contributed by atoms with Crippen LogP contribution in [0, 0.1) is 12.8 Å². The molecule has 0 fully saturated rings. The Morgan fingerprint density at radius 2 is 2.31 bits per heavy atom. The van der Waals surface area contributed by atoms with E-state index >= 15 is 0 Å². The van der Waals surface area contributed by atoms with E-state index in [9.17, 15) is 4.79 Å². The number of amides is 1. The first-order valence-electron chi connectivity index (χ1n) is 5.47. The van der Waals surface area contributed by atoms with Gasteiger partial charge in [0.15, 0.2) is 0 Å². The molecule has 0 saturated carbocycles. The van der Waals surface area contributed by atoms with Crippen LogP contribution in [0.5, 0.6) is 0 Å². The fourth-order valence-electron chi connectivity index (χ4n) is 1.44. The number of carbonyl (C=O) groups is 1. The maximum absolute atomic E-state index is 11.6. The summed E-state index contributed by atoms with van der Waals surface area (Å²) >= 11 is 0. The maximum Gasteiger partial charge on any atom is 0.224 e. The Bertz CT molecular complexity index is 352. The largest absolute Gasteiger partial charge is 0.352 e. The van der Waals surface area contributed by atoms with Gasteiger partial charge in [0.25, 0.3) is 0 Å².